The molecule has 0 fully saturated rings. The van der Waals surface area contributed by atoms with Gasteiger partial charge in [0.2, 0.25) is 0 Å². The van der Waals surface area contributed by atoms with Crippen molar-refractivity contribution in [1.29, 1.82) is 0 Å². The Bertz CT molecular complexity index is 2060. The van der Waals surface area contributed by atoms with E-state index in [1.807, 2.05) is 13.8 Å². The molecule has 1 heteroatoms. The summed E-state index contributed by atoms with van der Waals surface area (Å²) in [5, 5.41) is 9.02. The fraction of sp³-hybridized carbons (Fsp3) is 0.765. The molecule has 1 N–H and O–H groups in total. The number of aliphatic hydroxyl groups excluding tert-OH is 1. The highest BCUT2D eigenvalue weighted by atomic mass is 16.3. The summed E-state index contributed by atoms with van der Waals surface area (Å²) in [5.41, 5.74) is 5.38. The maximum absolute atomic E-state index is 9.02. The Labute approximate surface area is 547 Å². The minimum Gasteiger partial charge on any atom is -0.396 e. The van der Waals surface area contributed by atoms with Crippen LogP contribution in [0.1, 0.15) is 364 Å². The van der Waals surface area contributed by atoms with E-state index in [0.29, 0.717) is 44.8 Å². The minimum absolute atomic E-state index is 0.165. The Hall–Kier alpha value is -4.08. The maximum Gasteiger partial charge on any atom is 0.0473 e. The molecule has 498 valence electrons. The topological polar surface area (TPSA) is 20.2 Å². The van der Waals surface area contributed by atoms with E-state index in [1.165, 1.54) is 68.9 Å². The van der Waals surface area contributed by atoms with Crippen molar-refractivity contribution in [2.75, 3.05) is 6.61 Å². The van der Waals surface area contributed by atoms with Crippen molar-refractivity contribution in [3.8, 4) is 95.7 Å². The van der Waals surface area contributed by atoms with Gasteiger partial charge in [0.25, 0.3) is 0 Å². The van der Waals surface area contributed by atoms with Gasteiger partial charge in [0.15, 0.2) is 0 Å². The Morgan fingerprint density at radius 2 is 0.872 bits per heavy atom. The molecule has 0 saturated carbocycles. The van der Waals surface area contributed by atoms with Gasteiger partial charge in [-0.05, 0) is 136 Å². The molecule has 0 rings (SSSR count). The monoisotopic (exact) mass is 1190 g/mol. The second-order valence-corrected chi connectivity index (χ2v) is 30.9. The van der Waals surface area contributed by atoms with E-state index in [4.69, 9.17) is 18.0 Å². The first-order valence-electron chi connectivity index (χ1n) is 33.7. The summed E-state index contributed by atoms with van der Waals surface area (Å²) in [4.78, 5) is 0. The lowest BCUT2D eigenvalue weighted by Gasteiger charge is -2.27. The predicted octanol–water partition coefficient (Wildman–Crippen LogP) is 26.2. The van der Waals surface area contributed by atoms with Gasteiger partial charge in [-0.2, -0.15) is 0 Å². The van der Waals surface area contributed by atoms with E-state index < -0.39 is 0 Å². The lowest BCUT2D eigenvalue weighted by molar-refractivity contribution is 0.135. The van der Waals surface area contributed by atoms with E-state index in [-0.39, 0.29) is 17.4 Å². The van der Waals surface area contributed by atoms with E-state index in [9.17, 15) is 0 Å². The number of terminal acetylenes is 2. The molecule has 0 aromatic carbocycles. The first-order valence-corrected chi connectivity index (χ1v) is 33.7. The Kier molecular flexibility index (Phi) is 75.0. The van der Waals surface area contributed by atoms with Gasteiger partial charge in [-0.3, -0.25) is 0 Å². The van der Waals surface area contributed by atoms with Gasteiger partial charge in [0.05, 0.1) is 0 Å². The van der Waals surface area contributed by atoms with Crippen molar-refractivity contribution >= 4 is 0 Å². The summed E-state index contributed by atoms with van der Waals surface area (Å²) in [6.07, 6.45) is 37.0. The molecule has 86 heavy (non-hydrogen) atoms. The molecule has 3 atom stereocenters. The molecular formula is C85H152O. The van der Waals surface area contributed by atoms with Crippen LogP contribution in [0.25, 0.3) is 0 Å². The summed E-state index contributed by atoms with van der Waals surface area (Å²) < 4.78 is 0. The smallest absolute Gasteiger partial charge is 0.0473 e. The molecule has 0 bridgehead atoms. The van der Waals surface area contributed by atoms with E-state index in [0.717, 1.165) is 70.6 Å². The third-order valence-corrected chi connectivity index (χ3v) is 12.6. The molecule has 0 heterocycles. The van der Waals surface area contributed by atoms with Crippen LogP contribution in [0.4, 0.5) is 0 Å². The molecule has 3 unspecified atom stereocenters. The first kappa shape index (κ1) is 101. The van der Waals surface area contributed by atoms with Crippen molar-refractivity contribution in [2.24, 2.45) is 55.7 Å². The second kappa shape index (κ2) is 63.9. The van der Waals surface area contributed by atoms with Crippen molar-refractivity contribution < 1.29 is 5.11 Å². The summed E-state index contributed by atoms with van der Waals surface area (Å²) in [6.45, 7) is 73.9. The van der Waals surface area contributed by atoms with Crippen LogP contribution < -0.4 is 0 Å². The quantitative estimate of drug-likeness (QED) is 0.111. The number of unbranched alkanes of at least 4 members (excludes halogenated alkanes) is 5. The normalized spacial score (nSPS) is 11.5. The standard InChI is InChI=1S/C14H26.C10H18O.C10H18.4C9H16.C8H14.C7H12/c1-12(2)8-7-9-13(3)10-11-14(4,5)6;1-5-6-7-9(8-11)10(2,3)4;1-5-6-7-8-9-10(2,3)4;1-6-7-8(2)9(3,4)5;2*1-5-6-7-8-9(2,3)4;1-3-5-7-9-8-6-4-2;1-6-7(2)8(3,4)5;1-3-5-7-6-4-2/h8,10H,7,9,11H2,1-6H3;9,11H,7-8H2,1-4H3;5-6,9H2,1-4H3;1,8H,7H2,2-5H3;7-8H2,1-4H3;5,8H2,1-4H3;3-7H2,1-2H3;1,7H,2-5H3;3-5H2,1-2H3/b13-10+;;;;;;;;. The number of hydrogen-bond donors (Lipinski definition) is 1. The summed E-state index contributed by atoms with van der Waals surface area (Å²) in [6, 6.07) is 0. The fourth-order valence-electron chi connectivity index (χ4n) is 5.24. The summed E-state index contributed by atoms with van der Waals surface area (Å²) in [7, 11) is 0. The molecule has 0 aliphatic heterocycles. The zero-order valence-corrected chi connectivity index (χ0v) is 64.8. The average molecular weight is 1190 g/mol. The second-order valence-electron chi connectivity index (χ2n) is 30.9. The SMILES string of the molecule is C#CC(C)C(C)(C)C.C#CCC(C)C(C)(C)C.CC#CCC(CO)C(C)(C)C.CC#CCCC(C)(C)C.CC(C)=CCC/C(C)=C/CC(C)(C)C.CCC#CCC(C)(C)C.CCC#CCCC.CCCC#CCC(C)(C)C.CCCC#CCCCC. The van der Waals surface area contributed by atoms with Gasteiger partial charge in [0, 0.05) is 83.2 Å². The van der Waals surface area contributed by atoms with E-state index in [2.05, 4.69) is 317 Å². The molecule has 0 saturated heterocycles. The maximum atomic E-state index is 9.02. The van der Waals surface area contributed by atoms with Gasteiger partial charge in [0.1, 0.15) is 0 Å². The van der Waals surface area contributed by atoms with Crippen molar-refractivity contribution in [1.82, 2.24) is 0 Å². The van der Waals surface area contributed by atoms with E-state index >= 15 is 0 Å². The van der Waals surface area contributed by atoms with Gasteiger partial charge in [-0.1, -0.05) is 231 Å². The van der Waals surface area contributed by atoms with Gasteiger partial charge in [-0.15, -0.1) is 95.7 Å². The molecule has 0 radical (unpaired) electrons. The molecule has 0 aliphatic carbocycles. The average Bonchev–Trinajstić information content (AvgIpc) is 3.40. The highest BCUT2D eigenvalue weighted by Crippen LogP contribution is 2.29. The van der Waals surface area contributed by atoms with Crippen molar-refractivity contribution in [3.05, 3.63) is 23.3 Å². The van der Waals surface area contributed by atoms with Crippen LogP contribution in [0.5, 0.6) is 0 Å². The van der Waals surface area contributed by atoms with Gasteiger partial charge in [-0.25, -0.2) is 0 Å². The lowest BCUT2D eigenvalue weighted by atomic mass is 9.79. The van der Waals surface area contributed by atoms with Crippen LogP contribution in [0, 0.1) is 151 Å². The zero-order valence-electron chi connectivity index (χ0n) is 64.8. The number of rotatable bonds is 13. The van der Waals surface area contributed by atoms with Crippen LogP contribution in [0.15, 0.2) is 23.3 Å². The molecule has 1 nitrogen and oxygen atoms in total. The Morgan fingerprint density at radius 3 is 1.16 bits per heavy atom. The molecule has 0 aromatic rings. The highest BCUT2D eigenvalue weighted by molar-refractivity contribution is 5.04. The predicted molar refractivity (Wildman–Crippen MR) is 400 cm³/mol. The Balaban J connectivity index is -0.000000111. The highest BCUT2D eigenvalue weighted by Gasteiger charge is 2.22. The summed E-state index contributed by atoms with van der Waals surface area (Å²) in [5.74, 6) is 43.3. The summed E-state index contributed by atoms with van der Waals surface area (Å²) >= 11 is 0. The fourth-order valence-corrected chi connectivity index (χ4v) is 5.24. The first-order chi connectivity index (χ1) is 39.3. The van der Waals surface area contributed by atoms with Gasteiger partial charge >= 0.3 is 0 Å². The third-order valence-electron chi connectivity index (χ3n) is 12.6. The van der Waals surface area contributed by atoms with Crippen LogP contribution in [-0.2, 0) is 0 Å². The molecule has 0 aromatic heterocycles. The molecule has 0 aliphatic rings. The van der Waals surface area contributed by atoms with Gasteiger partial charge < -0.3 is 5.11 Å². The molecular weight excluding hydrogens is 1040 g/mol. The van der Waals surface area contributed by atoms with Crippen LogP contribution in [-0.4, -0.2) is 11.7 Å². The van der Waals surface area contributed by atoms with Crippen LogP contribution >= 0.6 is 0 Å². The number of hydrogen-bond acceptors (Lipinski definition) is 1. The Morgan fingerprint density at radius 1 is 0.453 bits per heavy atom. The lowest BCUT2D eigenvalue weighted by Crippen LogP contribution is -2.23. The van der Waals surface area contributed by atoms with Crippen molar-refractivity contribution in [2.45, 2.75) is 364 Å². The minimum atomic E-state index is 0.165. The molecule has 0 spiro atoms. The largest absolute Gasteiger partial charge is 0.396 e. The van der Waals surface area contributed by atoms with Crippen molar-refractivity contribution in [3.63, 3.8) is 0 Å². The number of aliphatic hydroxyl groups is 1. The zero-order chi connectivity index (χ0) is 69.5. The molecule has 0 amide bonds. The van der Waals surface area contributed by atoms with E-state index in [1.54, 1.807) is 0 Å². The third kappa shape index (κ3) is 115. The number of allylic oxidation sites excluding steroid dienone is 4. The van der Waals surface area contributed by atoms with Crippen LogP contribution in [0.2, 0.25) is 0 Å². The van der Waals surface area contributed by atoms with Crippen LogP contribution in [0.3, 0.4) is 0 Å².